The number of ether oxygens (including phenoxy) is 2. The van der Waals surface area contributed by atoms with Crippen LogP contribution in [0.1, 0.15) is 24.8 Å². The van der Waals surface area contributed by atoms with Crippen LogP contribution in [0.4, 0.5) is 0 Å². The van der Waals surface area contributed by atoms with E-state index in [0.717, 1.165) is 50.5 Å². The molecule has 1 aliphatic carbocycles. The van der Waals surface area contributed by atoms with Crippen molar-refractivity contribution >= 4 is 11.9 Å². The van der Waals surface area contributed by atoms with Crippen LogP contribution in [-0.4, -0.2) is 51.3 Å². The Kier molecular flexibility index (Phi) is 9.04. The minimum absolute atomic E-state index is 0.0544. The molecule has 0 aliphatic heterocycles. The summed E-state index contributed by atoms with van der Waals surface area (Å²) in [4.78, 5) is 15.9. The third-order valence-electron chi connectivity index (χ3n) is 4.79. The summed E-state index contributed by atoms with van der Waals surface area (Å²) < 4.78 is 11.2. The first-order chi connectivity index (χ1) is 15.2. The first-order valence-electron chi connectivity index (χ1n) is 10.9. The smallest absolute Gasteiger partial charge is 0.258 e. The number of hydrogen-bond acceptors (Lipinski definition) is 4. The molecule has 7 heteroatoms. The van der Waals surface area contributed by atoms with Crippen LogP contribution in [0.25, 0.3) is 0 Å². The fraction of sp³-hybridized carbons (Fsp3) is 0.417. The molecule has 1 fully saturated rings. The Bertz CT molecular complexity index is 820. The number of nitrogens with one attached hydrogen (secondary N) is 3. The Labute approximate surface area is 184 Å². The van der Waals surface area contributed by atoms with E-state index >= 15 is 0 Å². The molecule has 0 atom stereocenters. The molecule has 1 saturated carbocycles. The Balaban J connectivity index is 1.26. The summed E-state index contributed by atoms with van der Waals surface area (Å²) in [7, 11) is 1.77. The largest absolute Gasteiger partial charge is 0.494 e. The molecule has 2 aromatic rings. The minimum Gasteiger partial charge on any atom is -0.494 e. The van der Waals surface area contributed by atoms with Crippen molar-refractivity contribution in [2.45, 2.75) is 31.7 Å². The number of guanidine groups is 1. The van der Waals surface area contributed by atoms with Crippen molar-refractivity contribution in [2.75, 3.05) is 33.4 Å². The van der Waals surface area contributed by atoms with Gasteiger partial charge in [0.15, 0.2) is 12.6 Å². The number of nitrogens with zero attached hydrogens (tertiary/aromatic N) is 1. The number of amides is 1. The average molecular weight is 425 g/mol. The van der Waals surface area contributed by atoms with Crippen LogP contribution in [0.15, 0.2) is 59.6 Å². The molecule has 3 rings (SSSR count). The van der Waals surface area contributed by atoms with E-state index in [1.807, 2.05) is 54.6 Å². The molecule has 2 aromatic carbocycles. The predicted octanol–water partition coefficient (Wildman–Crippen LogP) is 2.52. The zero-order valence-corrected chi connectivity index (χ0v) is 18.1. The first-order valence-corrected chi connectivity index (χ1v) is 10.9. The predicted molar refractivity (Wildman–Crippen MR) is 123 cm³/mol. The molecular weight excluding hydrogens is 392 g/mol. The summed E-state index contributed by atoms with van der Waals surface area (Å²) in [5.74, 6) is 2.32. The lowest BCUT2D eigenvalue weighted by Gasteiger charge is -2.12. The van der Waals surface area contributed by atoms with E-state index in [0.29, 0.717) is 18.4 Å². The van der Waals surface area contributed by atoms with Crippen LogP contribution in [0, 0.1) is 0 Å². The van der Waals surface area contributed by atoms with Gasteiger partial charge in [-0.05, 0) is 55.5 Å². The molecule has 1 amide bonds. The summed E-state index contributed by atoms with van der Waals surface area (Å²) in [5.41, 5.74) is 1.19. The van der Waals surface area contributed by atoms with E-state index < -0.39 is 0 Å². The molecule has 0 unspecified atom stereocenters. The van der Waals surface area contributed by atoms with E-state index in [1.54, 1.807) is 7.05 Å². The summed E-state index contributed by atoms with van der Waals surface area (Å²) >= 11 is 0. The number of aliphatic imine (C=N–C) groups is 1. The average Bonchev–Trinajstić information content (AvgIpc) is 3.61. The SMILES string of the molecule is CN=C(NCCCOc1ccccc1)NCCc1ccc(OCC(=O)NC2CC2)cc1. The van der Waals surface area contributed by atoms with Crippen molar-refractivity contribution in [1.29, 1.82) is 0 Å². The van der Waals surface area contributed by atoms with E-state index in [4.69, 9.17) is 9.47 Å². The van der Waals surface area contributed by atoms with E-state index in [1.165, 1.54) is 5.56 Å². The van der Waals surface area contributed by atoms with Gasteiger partial charge in [0.05, 0.1) is 6.61 Å². The minimum atomic E-state index is -0.0544. The van der Waals surface area contributed by atoms with Gasteiger partial charge in [-0.1, -0.05) is 30.3 Å². The number of carbonyl (C=O) groups is 1. The van der Waals surface area contributed by atoms with Crippen LogP contribution in [0.5, 0.6) is 11.5 Å². The van der Waals surface area contributed by atoms with Crippen LogP contribution in [0.2, 0.25) is 0 Å². The number of rotatable bonds is 12. The summed E-state index contributed by atoms with van der Waals surface area (Å²) in [6.45, 7) is 2.28. The number of hydrogen-bond donors (Lipinski definition) is 3. The molecule has 0 saturated heterocycles. The normalized spacial score (nSPS) is 13.4. The van der Waals surface area contributed by atoms with E-state index in [2.05, 4.69) is 20.9 Å². The maximum absolute atomic E-state index is 11.7. The molecule has 0 spiro atoms. The van der Waals surface area contributed by atoms with E-state index in [9.17, 15) is 4.79 Å². The Hall–Kier alpha value is -3.22. The second kappa shape index (κ2) is 12.5. The van der Waals surface area contributed by atoms with Gasteiger partial charge in [0.25, 0.3) is 5.91 Å². The zero-order valence-electron chi connectivity index (χ0n) is 18.1. The molecule has 3 N–H and O–H groups in total. The van der Waals surface area contributed by atoms with Gasteiger partial charge in [-0.3, -0.25) is 9.79 Å². The maximum atomic E-state index is 11.7. The monoisotopic (exact) mass is 424 g/mol. The molecule has 166 valence electrons. The topological polar surface area (TPSA) is 84.0 Å². The molecule has 1 aliphatic rings. The highest BCUT2D eigenvalue weighted by Gasteiger charge is 2.23. The lowest BCUT2D eigenvalue weighted by atomic mass is 10.1. The van der Waals surface area contributed by atoms with Crippen LogP contribution >= 0.6 is 0 Å². The van der Waals surface area contributed by atoms with Gasteiger partial charge in [0.1, 0.15) is 11.5 Å². The number of benzene rings is 2. The van der Waals surface area contributed by atoms with Crippen molar-refractivity contribution in [3.05, 3.63) is 60.2 Å². The maximum Gasteiger partial charge on any atom is 0.258 e. The van der Waals surface area contributed by atoms with Crippen molar-refractivity contribution in [3.63, 3.8) is 0 Å². The fourth-order valence-electron chi connectivity index (χ4n) is 2.93. The second-order valence-electron chi connectivity index (χ2n) is 7.47. The molecular formula is C24H32N4O3. The van der Waals surface area contributed by atoms with Crippen LogP contribution < -0.4 is 25.4 Å². The molecule has 0 aromatic heterocycles. The van der Waals surface area contributed by atoms with Crippen molar-refractivity contribution in [2.24, 2.45) is 4.99 Å². The lowest BCUT2D eigenvalue weighted by Crippen LogP contribution is -2.39. The number of carbonyl (C=O) groups excluding carboxylic acids is 1. The van der Waals surface area contributed by atoms with Gasteiger partial charge in [-0.25, -0.2) is 0 Å². The van der Waals surface area contributed by atoms with Crippen LogP contribution in [-0.2, 0) is 11.2 Å². The highest BCUT2D eigenvalue weighted by Crippen LogP contribution is 2.18. The highest BCUT2D eigenvalue weighted by molar-refractivity contribution is 5.79. The molecule has 7 nitrogen and oxygen atoms in total. The van der Waals surface area contributed by atoms with Crippen molar-refractivity contribution in [1.82, 2.24) is 16.0 Å². The fourth-order valence-corrected chi connectivity index (χ4v) is 2.93. The Morgan fingerprint density at radius 3 is 2.39 bits per heavy atom. The standard InChI is InChI=1S/C24H32N4O3/c1-25-24(26-15-5-17-30-21-6-3-2-4-7-21)27-16-14-19-8-12-22(13-9-19)31-18-23(29)28-20-10-11-20/h2-4,6-9,12-13,20H,5,10-11,14-18H2,1H3,(H,28,29)(H2,25,26,27). The van der Waals surface area contributed by atoms with Gasteiger partial charge in [-0.15, -0.1) is 0 Å². The first kappa shape index (κ1) is 22.5. The van der Waals surface area contributed by atoms with Crippen molar-refractivity contribution in [3.8, 4) is 11.5 Å². The Morgan fingerprint density at radius 2 is 1.68 bits per heavy atom. The third-order valence-corrected chi connectivity index (χ3v) is 4.79. The third kappa shape index (κ3) is 8.99. The Morgan fingerprint density at radius 1 is 0.968 bits per heavy atom. The van der Waals surface area contributed by atoms with Gasteiger partial charge in [-0.2, -0.15) is 0 Å². The van der Waals surface area contributed by atoms with Crippen molar-refractivity contribution < 1.29 is 14.3 Å². The number of para-hydroxylation sites is 1. The molecule has 0 radical (unpaired) electrons. The molecule has 0 bridgehead atoms. The van der Waals surface area contributed by atoms with Gasteiger partial charge in [0.2, 0.25) is 0 Å². The van der Waals surface area contributed by atoms with Crippen LogP contribution in [0.3, 0.4) is 0 Å². The van der Waals surface area contributed by atoms with Gasteiger partial charge >= 0.3 is 0 Å². The zero-order chi connectivity index (χ0) is 21.7. The lowest BCUT2D eigenvalue weighted by molar-refractivity contribution is -0.123. The van der Waals surface area contributed by atoms with E-state index in [-0.39, 0.29) is 12.5 Å². The molecule has 31 heavy (non-hydrogen) atoms. The summed E-state index contributed by atoms with van der Waals surface area (Å²) in [6, 6.07) is 18.0. The highest BCUT2D eigenvalue weighted by atomic mass is 16.5. The second-order valence-corrected chi connectivity index (χ2v) is 7.47. The summed E-state index contributed by atoms with van der Waals surface area (Å²) in [6.07, 6.45) is 3.91. The van der Waals surface area contributed by atoms with Gasteiger partial charge < -0.3 is 25.4 Å². The summed E-state index contributed by atoms with van der Waals surface area (Å²) in [5, 5.41) is 9.53. The van der Waals surface area contributed by atoms with Gasteiger partial charge in [0, 0.05) is 26.2 Å². The molecule has 0 heterocycles. The quantitative estimate of drug-likeness (QED) is 0.277.